The number of nitrogens with one attached hydrogen (secondary N) is 1. The molecule has 0 aliphatic carbocycles. The third kappa shape index (κ3) is 3.58. The first-order valence-electron chi connectivity index (χ1n) is 7.09. The summed E-state index contributed by atoms with van der Waals surface area (Å²) in [7, 11) is 1.65. The Kier molecular flexibility index (Phi) is 5.14. The van der Waals surface area contributed by atoms with Gasteiger partial charge < -0.3 is 14.8 Å². The molecule has 1 aliphatic heterocycles. The molecule has 112 valence electrons. The van der Waals surface area contributed by atoms with Crippen molar-refractivity contribution in [2.24, 2.45) is 5.41 Å². The number of nitrogens with zero attached hydrogens (tertiary/aromatic N) is 2. The van der Waals surface area contributed by atoms with Crippen LogP contribution < -0.4 is 0 Å². The largest absolute Gasteiger partial charge is 0.481 e. The van der Waals surface area contributed by atoms with E-state index in [0.717, 1.165) is 31.6 Å². The number of carbonyl (C=O) groups is 1. The van der Waals surface area contributed by atoms with E-state index in [4.69, 9.17) is 4.74 Å². The van der Waals surface area contributed by atoms with Crippen LogP contribution in [-0.4, -0.2) is 52.7 Å². The molecule has 0 bridgehead atoms. The second kappa shape index (κ2) is 6.85. The smallest absolute Gasteiger partial charge is 0.310 e. The SMILES string of the molecule is COCCCC1(C(=O)O)CCCN(Cc2ncc[nH]2)C1. The van der Waals surface area contributed by atoms with Gasteiger partial charge in [-0.1, -0.05) is 0 Å². The highest BCUT2D eigenvalue weighted by Gasteiger charge is 2.41. The van der Waals surface area contributed by atoms with E-state index in [9.17, 15) is 9.90 Å². The topological polar surface area (TPSA) is 78.5 Å². The highest BCUT2D eigenvalue weighted by molar-refractivity contribution is 5.75. The molecule has 1 aromatic rings. The minimum absolute atomic E-state index is 0.590. The van der Waals surface area contributed by atoms with Crippen LogP contribution in [0.15, 0.2) is 12.4 Å². The van der Waals surface area contributed by atoms with Crippen LogP contribution in [0.4, 0.5) is 0 Å². The van der Waals surface area contributed by atoms with Gasteiger partial charge in [0.05, 0.1) is 12.0 Å². The lowest BCUT2D eigenvalue weighted by molar-refractivity contribution is -0.153. The number of aromatic nitrogens is 2. The highest BCUT2D eigenvalue weighted by atomic mass is 16.5. The molecule has 1 aromatic heterocycles. The van der Waals surface area contributed by atoms with Crippen LogP contribution in [0.1, 0.15) is 31.5 Å². The Bertz CT molecular complexity index is 421. The number of imidazole rings is 1. The Morgan fingerprint density at radius 3 is 3.15 bits per heavy atom. The summed E-state index contributed by atoms with van der Waals surface area (Å²) in [6.45, 7) is 2.83. The fourth-order valence-electron chi connectivity index (χ4n) is 3.00. The van der Waals surface area contributed by atoms with Crippen LogP contribution in [0, 0.1) is 5.41 Å². The second-order valence-corrected chi connectivity index (χ2v) is 5.53. The van der Waals surface area contributed by atoms with Crippen molar-refractivity contribution in [1.29, 1.82) is 0 Å². The van der Waals surface area contributed by atoms with Crippen molar-refractivity contribution < 1.29 is 14.6 Å². The van der Waals surface area contributed by atoms with Crippen LogP contribution >= 0.6 is 0 Å². The first-order chi connectivity index (χ1) is 9.66. The number of methoxy groups -OCH3 is 1. The van der Waals surface area contributed by atoms with Gasteiger partial charge in [0.15, 0.2) is 0 Å². The fraction of sp³-hybridized carbons (Fsp3) is 0.714. The molecule has 0 spiro atoms. The number of H-pyrrole nitrogens is 1. The van der Waals surface area contributed by atoms with Crippen molar-refractivity contribution in [3.63, 3.8) is 0 Å². The van der Waals surface area contributed by atoms with Crippen LogP contribution in [0.2, 0.25) is 0 Å². The molecule has 0 radical (unpaired) electrons. The predicted molar refractivity (Wildman–Crippen MR) is 74.3 cm³/mol. The van der Waals surface area contributed by atoms with Crippen molar-refractivity contribution in [1.82, 2.24) is 14.9 Å². The molecule has 2 rings (SSSR count). The van der Waals surface area contributed by atoms with Crippen molar-refractivity contribution in [3.05, 3.63) is 18.2 Å². The Morgan fingerprint density at radius 2 is 2.50 bits per heavy atom. The molecule has 0 amide bonds. The van der Waals surface area contributed by atoms with E-state index in [1.165, 1.54) is 0 Å². The minimum atomic E-state index is -0.683. The molecular weight excluding hydrogens is 258 g/mol. The summed E-state index contributed by atoms with van der Waals surface area (Å²) in [4.78, 5) is 21.2. The lowest BCUT2D eigenvalue weighted by atomic mass is 9.76. The van der Waals surface area contributed by atoms with E-state index >= 15 is 0 Å². The Morgan fingerprint density at radius 1 is 1.65 bits per heavy atom. The van der Waals surface area contributed by atoms with Gasteiger partial charge >= 0.3 is 5.97 Å². The number of hydrogen-bond acceptors (Lipinski definition) is 4. The lowest BCUT2D eigenvalue weighted by Gasteiger charge is -2.39. The number of likely N-dealkylation sites (tertiary alicyclic amines) is 1. The number of piperidine rings is 1. The molecule has 1 saturated heterocycles. The predicted octanol–water partition coefficient (Wildman–Crippen LogP) is 1.50. The molecule has 1 fully saturated rings. The average molecular weight is 281 g/mol. The van der Waals surface area contributed by atoms with Gasteiger partial charge in [0.25, 0.3) is 0 Å². The van der Waals surface area contributed by atoms with Gasteiger partial charge in [-0.25, -0.2) is 4.98 Å². The molecule has 0 aromatic carbocycles. The first-order valence-corrected chi connectivity index (χ1v) is 7.09. The van der Waals surface area contributed by atoms with E-state index in [1.54, 1.807) is 19.5 Å². The van der Waals surface area contributed by atoms with Gasteiger partial charge in [0.2, 0.25) is 0 Å². The molecular formula is C14H23N3O3. The zero-order valence-corrected chi connectivity index (χ0v) is 12.0. The van der Waals surface area contributed by atoms with E-state index in [2.05, 4.69) is 14.9 Å². The Balaban J connectivity index is 1.98. The van der Waals surface area contributed by atoms with Gasteiger partial charge in [0.1, 0.15) is 5.82 Å². The van der Waals surface area contributed by atoms with Gasteiger partial charge in [-0.15, -0.1) is 0 Å². The third-order valence-electron chi connectivity index (χ3n) is 4.04. The lowest BCUT2D eigenvalue weighted by Crippen LogP contribution is -2.47. The number of carboxylic acids is 1. The van der Waals surface area contributed by atoms with Crippen molar-refractivity contribution >= 4 is 5.97 Å². The summed E-state index contributed by atoms with van der Waals surface area (Å²) in [6.07, 6.45) is 6.65. The zero-order chi connectivity index (χ0) is 14.4. The average Bonchev–Trinajstić information content (AvgIpc) is 2.92. The summed E-state index contributed by atoms with van der Waals surface area (Å²) < 4.78 is 5.05. The van der Waals surface area contributed by atoms with Crippen molar-refractivity contribution in [2.75, 3.05) is 26.8 Å². The summed E-state index contributed by atoms with van der Waals surface area (Å²) in [6, 6.07) is 0. The standard InChI is InChI=1S/C14H23N3O3/c1-20-9-3-5-14(13(18)19)4-2-8-17(11-14)10-12-15-6-7-16-12/h6-7H,2-5,8-11H2,1H3,(H,15,16)(H,18,19). The molecule has 2 heterocycles. The number of rotatable bonds is 7. The van der Waals surface area contributed by atoms with E-state index in [1.807, 2.05) is 0 Å². The molecule has 1 aliphatic rings. The monoisotopic (exact) mass is 281 g/mol. The molecule has 2 N–H and O–H groups in total. The minimum Gasteiger partial charge on any atom is -0.481 e. The first kappa shape index (κ1) is 15.0. The summed E-state index contributed by atoms with van der Waals surface area (Å²) >= 11 is 0. The number of hydrogen-bond donors (Lipinski definition) is 2. The molecule has 1 atom stereocenters. The summed E-state index contributed by atoms with van der Waals surface area (Å²) in [5, 5.41) is 9.64. The number of carboxylic acid groups (broad SMARTS) is 1. The normalized spacial score (nSPS) is 23.9. The van der Waals surface area contributed by atoms with Gasteiger partial charge in [0, 0.05) is 32.7 Å². The summed E-state index contributed by atoms with van der Waals surface area (Å²) in [5.74, 6) is 0.209. The maximum atomic E-state index is 11.7. The summed E-state index contributed by atoms with van der Waals surface area (Å²) in [5.41, 5.74) is -0.636. The molecule has 20 heavy (non-hydrogen) atoms. The number of aromatic amines is 1. The quantitative estimate of drug-likeness (QED) is 0.741. The number of ether oxygens (including phenoxy) is 1. The fourth-order valence-corrected chi connectivity index (χ4v) is 3.00. The second-order valence-electron chi connectivity index (χ2n) is 5.53. The van der Waals surface area contributed by atoms with E-state index in [0.29, 0.717) is 26.1 Å². The zero-order valence-electron chi connectivity index (χ0n) is 12.0. The maximum Gasteiger partial charge on any atom is 0.310 e. The number of aliphatic carboxylic acids is 1. The maximum absolute atomic E-state index is 11.7. The van der Waals surface area contributed by atoms with Crippen LogP contribution in [-0.2, 0) is 16.1 Å². The Labute approximate surface area is 119 Å². The molecule has 6 nitrogen and oxygen atoms in total. The van der Waals surface area contributed by atoms with Crippen LogP contribution in [0.3, 0.4) is 0 Å². The van der Waals surface area contributed by atoms with Crippen molar-refractivity contribution in [3.8, 4) is 0 Å². The van der Waals surface area contributed by atoms with Crippen LogP contribution in [0.5, 0.6) is 0 Å². The van der Waals surface area contributed by atoms with Gasteiger partial charge in [-0.05, 0) is 32.2 Å². The van der Waals surface area contributed by atoms with Crippen LogP contribution in [0.25, 0.3) is 0 Å². The third-order valence-corrected chi connectivity index (χ3v) is 4.04. The highest BCUT2D eigenvalue weighted by Crippen LogP contribution is 2.35. The van der Waals surface area contributed by atoms with Crippen molar-refractivity contribution in [2.45, 2.75) is 32.2 Å². The van der Waals surface area contributed by atoms with Gasteiger partial charge in [-0.3, -0.25) is 9.69 Å². The van der Waals surface area contributed by atoms with E-state index < -0.39 is 11.4 Å². The molecule has 6 heteroatoms. The Hall–Kier alpha value is -1.40. The molecule has 1 unspecified atom stereocenters. The van der Waals surface area contributed by atoms with Gasteiger partial charge in [-0.2, -0.15) is 0 Å². The van der Waals surface area contributed by atoms with E-state index in [-0.39, 0.29) is 0 Å². The molecule has 0 saturated carbocycles.